The molecule has 1 aliphatic heterocycles. The average Bonchev–Trinajstić information content (AvgIpc) is 2.94. The predicted octanol–water partition coefficient (Wildman–Crippen LogP) is 0.310. The van der Waals surface area contributed by atoms with Crippen molar-refractivity contribution < 1.29 is 64.0 Å². The van der Waals surface area contributed by atoms with Gasteiger partial charge in [-0.2, -0.15) is 0 Å². The highest BCUT2D eigenvalue weighted by Gasteiger charge is 2.50. The smallest absolute Gasteiger partial charge is 0.404 e. The maximum Gasteiger partial charge on any atom is 0.404 e. The lowest BCUT2D eigenvalue weighted by atomic mass is 9.72. The van der Waals surface area contributed by atoms with Gasteiger partial charge in [-0.3, -0.25) is 14.4 Å². The highest BCUT2D eigenvalue weighted by Crippen LogP contribution is 2.52. The van der Waals surface area contributed by atoms with E-state index in [-0.39, 0.29) is 34.4 Å². The van der Waals surface area contributed by atoms with Crippen LogP contribution in [-0.4, -0.2) is 97.9 Å². The Balaban J connectivity index is 1.65. The topological polar surface area (TPSA) is 229 Å². The molecule has 7 N–H and O–H groups in total. The number of carbonyl (C=O) groups is 4. The summed E-state index contributed by atoms with van der Waals surface area (Å²) in [7, 11) is 1.30. The summed E-state index contributed by atoms with van der Waals surface area (Å²) in [6, 6.07) is 3.24. The van der Waals surface area contributed by atoms with Crippen molar-refractivity contribution in [2.24, 2.45) is 0 Å². The minimum atomic E-state index is -2.33. The van der Waals surface area contributed by atoms with E-state index >= 15 is 0 Å². The lowest BCUT2D eigenvalue weighted by Crippen LogP contribution is -2.55. The molecule has 0 radical (unpaired) electrons. The number of benzene rings is 2. The van der Waals surface area contributed by atoms with Crippen LogP contribution in [0.1, 0.15) is 68.8 Å². The molecule has 1 saturated heterocycles. The van der Waals surface area contributed by atoms with Crippen LogP contribution in [-0.2, 0) is 20.7 Å². The summed E-state index contributed by atoms with van der Waals surface area (Å²) >= 11 is 0. The summed E-state index contributed by atoms with van der Waals surface area (Å²) in [5, 5.41) is 65.5. The lowest BCUT2D eigenvalue weighted by Gasteiger charge is -2.42. The molecule has 6 atom stereocenters. The first kappa shape index (κ1) is 29.4. The Morgan fingerprint density at radius 1 is 1.12 bits per heavy atom. The number of aromatic hydroxyl groups is 2. The summed E-state index contributed by atoms with van der Waals surface area (Å²) < 4.78 is 17.0. The fourth-order valence-electron chi connectivity index (χ4n) is 6.02. The number of ketones is 3. The Morgan fingerprint density at radius 2 is 1.81 bits per heavy atom. The molecular weight excluding hydrogens is 558 g/mol. The number of rotatable bonds is 6. The number of ether oxygens (including phenoxy) is 3. The second-order valence-electron chi connectivity index (χ2n) is 10.6. The van der Waals surface area contributed by atoms with E-state index in [4.69, 9.17) is 14.2 Å². The van der Waals surface area contributed by atoms with Crippen LogP contribution in [0, 0.1) is 0 Å². The number of amides is 1. The first-order valence-corrected chi connectivity index (χ1v) is 13.0. The predicted molar refractivity (Wildman–Crippen MR) is 139 cm³/mol. The number of nitrogens with one attached hydrogen (secondary N) is 1. The molecule has 0 bridgehead atoms. The van der Waals surface area contributed by atoms with Crippen molar-refractivity contribution in [3.63, 3.8) is 0 Å². The van der Waals surface area contributed by atoms with Crippen molar-refractivity contribution in [3.8, 4) is 17.2 Å². The van der Waals surface area contributed by atoms with Crippen LogP contribution in [0.25, 0.3) is 0 Å². The average molecular weight is 588 g/mol. The number of carbonyl (C=O) groups excluding carboxylic acids is 3. The van der Waals surface area contributed by atoms with Crippen LogP contribution in [0.15, 0.2) is 18.2 Å². The van der Waals surface area contributed by atoms with E-state index in [0.29, 0.717) is 0 Å². The maximum atomic E-state index is 13.7. The molecule has 3 aliphatic rings. The van der Waals surface area contributed by atoms with Gasteiger partial charge in [0, 0.05) is 36.0 Å². The van der Waals surface area contributed by atoms with E-state index in [1.807, 2.05) is 0 Å². The first-order chi connectivity index (χ1) is 19.8. The second-order valence-corrected chi connectivity index (χ2v) is 10.6. The summed E-state index contributed by atoms with van der Waals surface area (Å²) in [6.07, 6.45) is -7.75. The summed E-state index contributed by atoms with van der Waals surface area (Å²) in [4.78, 5) is 51.2. The molecule has 0 saturated carbocycles. The monoisotopic (exact) mass is 587 g/mol. The SMILES string of the molecule is COc1cccc2c1C(=O)c1c(O)c3c(c(O)c1C2=O)C[C@@](O)(C(=O)CO)C[C@@H]3OC1CC(NC(=O)O)C(O)C(C)O1. The van der Waals surface area contributed by atoms with Crippen LogP contribution >= 0.6 is 0 Å². The maximum absolute atomic E-state index is 13.7. The molecular formula is C28H29NO13. The zero-order valence-corrected chi connectivity index (χ0v) is 22.5. The number of hydrogen-bond donors (Lipinski definition) is 7. The van der Waals surface area contributed by atoms with Gasteiger partial charge in [-0.25, -0.2) is 4.79 Å². The molecule has 1 fully saturated rings. The highest BCUT2D eigenvalue weighted by atomic mass is 16.7. The Morgan fingerprint density at radius 3 is 2.45 bits per heavy atom. The molecule has 0 aromatic heterocycles. The quantitative estimate of drug-likeness (QED) is 0.193. The number of Topliss-reactive ketones (excluding diaryl/α,β-unsaturated/α-hetero) is 1. The van der Waals surface area contributed by atoms with Gasteiger partial charge in [0.05, 0.1) is 42.0 Å². The first-order valence-electron chi connectivity index (χ1n) is 13.0. The molecule has 0 spiro atoms. The fraction of sp³-hybridized carbons (Fsp3) is 0.429. The zero-order chi connectivity index (χ0) is 30.7. The van der Waals surface area contributed by atoms with Crippen molar-refractivity contribution in [1.29, 1.82) is 0 Å². The van der Waals surface area contributed by atoms with Gasteiger partial charge < -0.3 is 50.2 Å². The molecule has 2 aromatic rings. The lowest BCUT2D eigenvalue weighted by molar-refractivity contribution is -0.249. The van der Waals surface area contributed by atoms with E-state index in [1.165, 1.54) is 32.2 Å². The van der Waals surface area contributed by atoms with Gasteiger partial charge in [0.15, 0.2) is 17.9 Å². The largest absolute Gasteiger partial charge is 0.507 e. The Labute approximate surface area is 238 Å². The molecule has 14 nitrogen and oxygen atoms in total. The Hall–Kier alpha value is -4.08. The minimum absolute atomic E-state index is 0.0592. The number of phenols is 2. The molecule has 2 aliphatic carbocycles. The number of phenolic OH excluding ortho intramolecular Hbond substituents is 2. The van der Waals surface area contributed by atoms with Gasteiger partial charge in [0.1, 0.15) is 35.6 Å². The summed E-state index contributed by atoms with van der Waals surface area (Å²) in [6.45, 7) is 0.389. The van der Waals surface area contributed by atoms with Crippen molar-refractivity contribution in [2.75, 3.05) is 13.7 Å². The van der Waals surface area contributed by atoms with Gasteiger partial charge in [0.25, 0.3) is 0 Å². The van der Waals surface area contributed by atoms with Crippen molar-refractivity contribution in [1.82, 2.24) is 5.32 Å². The van der Waals surface area contributed by atoms with E-state index in [2.05, 4.69) is 5.32 Å². The number of methoxy groups -OCH3 is 1. The van der Waals surface area contributed by atoms with Crippen molar-refractivity contribution in [2.45, 2.75) is 62.4 Å². The van der Waals surface area contributed by atoms with E-state index in [9.17, 15) is 49.8 Å². The van der Waals surface area contributed by atoms with Gasteiger partial charge in [-0.05, 0) is 13.0 Å². The van der Waals surface area contributed by atoms with Crippen LogP contribution < -0.4 is 10.1 Å². The molecule has 1 amide bonds. The number of fused-ring (bicyclic) bond motifs is 3. The zero-order valence-electron chi connectivity index (χ0n) is 22.5. The molecule has 1 heterocycles. The van der Waals surface area contributed by atoms with Crippen LogP contribution in [0.5, 0.6) is 17.2 Å². The third-order valence-corrected chi connectivity index (χ3v) is 8.07. The summed E-state index contributed by atoms with van der Waals surface area (Å²) in [5.41, 5.74) is -4.08. The number of aliphatic hydroxyl groups excluding tert-OH is 2. The minimum Gasteiger partial charge on any atom is -0.507 e. The van der Waals surface area contributed by atoms with Gasteiger partial charge in [0.2, 0.25) is 5.78 Å². The molecule has 5 rings (SSSR count). The molecule has 14 heteroatoms. The number of carboxylic acid groups (broad SMARTS) is 1. The van der Waals surface area contributed by atoms with E-state index in [1.54, 1.807) is 0 Å². The normalized spacial score (nSPS) is 28.4. The molecule has 2 aromatic carbocycles. The van der Waals surface area contributed by atoms with Crippen molar-refractivity contribution in [3.05, 3.63) is 51.6 Å². The van der Waals surface area contributed by atoms with E-state index < -0.39 is 102 Å². The standard InChI is InChI=1S/C28H29NO13/c1-10-22(32)13(29-27(37)38)6-17(41-10)42-15-8-28(39,16(31)9-30)7-12-19(15)26(36)21-20(24(12)34)23(33)11-4-3-5-14(40-2)18(11)25(21)35/h3-5,10,13,15,17,22,29-30,32,34,36,39H,6-9H2,1-2H3,(H,37,38)/t10?,13?,15-,17?,22?,28-/m0/s1. The van der Waals surface area contributed by atoms with Crippen LogP contribution in [0.3, 0.4) is 0 Å². The molecule has 4 unspecified atom stereocenters. The third kappa shape index (κ3) is 4.57. The van der Waals surface area contributed by atoms with Crippen LogP contribution in [0.4, 0.5) is 4.79 Å². The number of aliphatic hydroxyl groups is 3. The Bertz CT molecular complexity index is 1500. The summed E-state index contributed by atoms with van der Waals surface area (Å²) in [5.74, 6) is -4.11. The van der Waals surface area contributed by atoms with Gasteiger partial charge >= 0.3 is 6.09 Å². The van der Waals surface area contributed by atoms with Crippen LogP contribution in [0.2, 0.25) is 0 Å². The second kappa shape index (κ2) is 10.6. The fourth-order valence-corrected chi connectivity index (χ4v) is 6.02. The van der Waals surface area contributed by atoms with Gasteiger partial charge in [-0.1, -0.05) is 12.1 Å². The Kier molecular flexibility index (Phi) is 7.45. The highest BCUT2D eigenvalue weighted by molar-refractivity contribution is 6.31. The van der Waals surface area contributed by atoms with Crippen molar-refractivity contribution >= 4 is 23.4 Å². The molecule has 42 heavy (non-hydrogen) atoms. The number of hydrogen-bond acceptors (Lipinski definition) is 12. The molecule has 224 valence electrons. The van der Waals surface area contributed by atoms with Gasteiger partial charge in [-0.15, -0.1) is 0 Å². The van der Waals surface area contributed by atoms with E-state index in [0.717, 1.165) is 0 Å². The third-order valence-electron chi connectivity index (χ3n) is 8.07.